The first kappa shape index (κ1) is 14.9. The Balaban J connectivity index is 0.000000336. The van der Waals surface area contributed by atoms with Gasteiger partial charge in [-0.05, 0) is 38.1 Å². The van der Waals surface area contributed by atoms with Crippen molar-refractivity contribution < 1.29 is 5.11 Å². The van der Waals surface area contributed by atoms with E-state index in [-0.39, 0.29) is 0 Å². The molecule has 2 atom stereocenters. The largest absolute Gasteiger partial charge is 0.396 e. The third kappa shape index (κ3) is 7.80. The third-order valence-corrected chi connectivity index (χ3v) is 3.03. The molecule has 92 valence electrons. The molecule has 2 unspecified atom stereocenters. The molecule has 1 saturated carbocycles. The Kier molecular flexibility index (Phi) is 10.4. The summed E-state index contributed by atoms with van der Waals surface area (Å²) in [6.07, 6.45) is 7.57. The Hall–Kier alpha value is -0.0800. The van der Waals surface area contributed by atoms with Gasteiger partial charge in [0.25, 0.3) is 0 Å². The second-order valence-electron chi connectivity index (χ2n) is 4.55. The SMILES string of the molecule is CCCCO.CCCNC1CCCC1C. The number of hydrogen-bond donors (Lipinski definition) is 2. The quantitative estimate of drug-likeness (QED) is 0.739. The summed E-state index contributed by atoms with van der Waals surface area (Å²) in [5.41, 5.74) is 0. The van der Waals surface area contributed by atoms with Crippen molar-refractivity contribution in [3.05, 3.63) is 0 Å². The van der Waals surface area contributed by atoms with E-state index < -0.39 is 0 Å². The second-order valence-corrected chi connectivity index (χ2v) is 4.55. The van der Waals surface area contributed by atoms with Gasteiger partial charge in [0.15, 0.2) is 0 Å². The Morgan fingerprint density at radius 3 is 2.27 bits per heavy atom. The Labute approximate surface area is 95.5 Å². The molecule has 0 spiro atoms. The van der Waals surface area contributed by atoms with E-state index in [1.807, 2.05) is 0 Å². The molecule has 0 aliphatic heterocycles. The number of nitrogens with one attached hydrogen (secondary N) is 1. The highest BCUT2D eigenvalue weighted by molar-refractivity contribution is 4.79. The van der Waals surface area contributed by atoms with Crippen LogP contribution in [-0.4, -0.2) is 24.3 Å². The predicted octanol–water partition coefficient (Wildman–Crippen LogP) is 2.95. The smallest absolute Gasteiger partial charge is 0.0430 e. The highest BCUT2D eigenvalue weighted by atomic mass is 16.2. The molecule has 2 N–H and O–H groups in total. The van der Waals surface area contributed by atoms with Crippen molar-refractivity contribution in [2.75, 3.05) is 13.2 Å². The molecular weight excluding hydrogens is 186 g/mol. The van der Waals surface area contributed by atoms with Gasteiger partial charge >= 0.3 is 0 Å². The minimum Gasteiger partial charge on any atom is -0.396 e. The zero-order valence-corrected chi connectivity index (χ0v) is 10.8. The summed E-state index contributed by atoms with van der Waals surface area (Å²) < 4.78 is 0. The van der Waals surface area contributed by atoms with Crippen LogP contribution < -0.4 is 5.32 Å². The summed E-state index contributed by atoms with van der Waals surface area (Å²) >= 11 is 0. The fourth-order valence-corrected chi connectivity index (χ4v) is 1.94. The number of unbranched alkanes of at least 4 members (excludes halogenated alkanes) is 1. The van der Waals surface area contributed by atoms with Gasteiger partial charge in [-0.2, -0.15) is 0 Å². The van der Waals surface area contributed by atoms with Crippen molar-refractivity contribution in [2.45, 2.75) is 65.3 Å². The average molecular weight is 215 g/mol. The van der Waals surface area contributed by atoms with Crippen LogP contribution in [0.1, 0.15) is 59.3 Å². The number of rotatable bonds is 5. The minimum atomic E-state index is 0.344. The van der Waals surface area contributed by atoms with Crippen LogP contribution in [0, 0.1) is 5.92 Å². The van der Waals surface area contributed by atoms with Crippen molar-refractivity contribution in [1.29, 1.82) is 0 Å². The van der Waals surface area contributed by atoms with Crippen LogP contribution in [-0.2, 0) is 0 Å². The molecule has 0 heterocycles. The highest BCUT2D eigenvalue weighted by Crippen LogP contribution is 2.24. The van der Waals surface area contributed by atoms with Crippen LogP contribution >= 0.6 is 0 Å². The van der Waals surface area contributed by atoms with E-state index in [1.165, 1.54) is 32.2 Å². The van der Waals surface area contributed by atoms with E-state index >= 15 is 0 Å². The Bertz CT molecular complexity index is 126. The van der Waals surface area contributed by atoms with Gasteiger partial charge in [0.2, 0.25) is 0 Å². The molecule has 1 aliphatic rings. The van der Waals surface area contributed by atoms with Crippen LogP contribution in [0.4, 0.5) is 0 Å². The van der Waals surface area contributed by atoms with E-state index in [9.17, 15) is 0 Å². The summed E-state index contributed by atoms with van der Waals surface area (Å²) in [7, 11) is 0. The summed E-state index contributed by atoms with van der Waals surface area (Å²) in [6, 6.07) is 0.833. The Morgan fingerprint density at radius 2 is 1.93 bits per heavy atom. The lowest BCUT2D eigenvalue weighted by atomic mass is 10.1. The van der Waals surface area contributed by atoms with Gasteiger partial charge in [0, 0.05) is 12.6 Å². The lowest BCUT2D eigenvalue weighted by molar-refractivity contribution is 0.287. The van der Waals surface area contributed by atoms with Crippen LogP contribution in [0.3, 0.4) is 0 Å². The summed E-state index contributed by atoms with van der Waals surface area (Å²) in [4.78, 5) is 0. The monoisotopic (exact) mass is 215 g/mol. The molecule has 0 bridgehead atoms. The standard InChI is InChI=1S/C9H19N.C4H10O/c1-3-7-10-9-6-4-5-8(9)2;1-2-3-4-5/h8-10H,3-7H2,1-2H3;5H,2-4H2,1H3. The molecule has 0 aromatic carbocycles. The summed E-state index contributed by atoms with van der Waals surface area (Å²) in [5, 5.41) is 11.6. The first-order valence-electron chi connectivity index (χ1n) is 6.60. The first-order valence-corrected chi connectivity index (χ1v) is 6.60. The molecule has 0 aromatic rings. The summed E-state index contributed by atoms with van der Waals surface area (Å²) in [5.74, 6) is 0.923. The third-order valence-electron chi connectivity index (χ3n) is 3.03. The molecule has 0 amide bonds. The maximum absolute atomic E-state index is 8.07. The molecule has 0 aromatic heterocycles. The molecule has 1 fully saturated rings. The van der Waals surface area contributed by atoms with Crippen LogP contribution in [0.5, 0.6) is 0 Å². The molecule has 0 saturated heterocycles. The van der Waals surface area contributed by atoms with Crippen LogP contribution in [0.2, 0.25) is 0 Å². The lowest BCUT2D eigenvalue weighted by Gasteiger charge is -2.16. The fourth-order valence-electron chi connectivity index (χ4n) is 1.94. The van der Waals surface area contributed by atoms with Crippen molar-refractivity contribution >= 4 is 0 Å². The predicted molar refractivity (Wildman–Crippen MR) is 67.1 cm³/mol. The van der Waals surface area contributed by atoms with Crippen LogP contribution in [0.15, 0.2) is 0 Å². The van der Waals surface area contributed by atoms with Gasteiger partial charge in [0.05, 0.1) is 0 Å². The van der Waals surface area contributed by atoms with Gasteiger partial charge in [-0.25, -0.2) is 0 Å². The van der Waals surface area contributed by atoms with Gasteiger partial charge in [-0.3, -0.25) is 0 Å². The maximum atomic E-state index is 8.07. The van der Waals surface area contributed by atoms with Gasteiger partial charge in [0.1, 0.15) is 0 Å². The molecule has 1 aliphatic carbocycles. The molecule has 2 heteroatoms. The van der Waals surface area contributed by atoms with E-state index in [2.05, 4.69) is 26.1 Å². The van der Waals surface area contributed by atoms with Gasteiger partial charge in [-0.1, -0.05) is 33.6 Å². The van der Waals surface area contributed by atoms with E-state index in [4.69, 9.17) is 5.11 Å². The molecule has 0 radical (unpaired) electrons. The van der Waals surface area contributed by atoms with Gasteiger partial charge < -0.3 is 10.4 Å². The normalized spacial score (nSPS) is 24.8. The van der Waals surface area contributed by atoms with Crippen molar-refractivity contribution in [1.82, 2.24) is 5.32 Å². The maximum Gasteiger partial charge on any atom is 0.0430 e. The van der Waals surface area contributed by atoms with E-state index in [1.54, 1.807) is 0 Å². The first-order chi connectivity index (χ1) is 7.26. The van der Waals surface area contributed by atoms with Crippen molar-refractivity contribution in [3.63, 3.8) is 0 Å². The lowest BCUT2D eigenvalue weighted by Crippen LogP contribution is -2.31. The average Bonchev–Trinajstić information content (AvgIpc) is 2.63. The van der Waals surface area contributed by atoms with E-state index in [0.717, 1.165) is 24.8 Å². The van der Waals surface area contributed by atoms with Crippen molar-refractivity contribution in [3.8, 4) is 0 Å². The minimum absolute atomic E-state index is 0.344. The fraction of sp³-hybridized carbons (Fsp3) is 1.00. The zero-order chi connectivity index (χ0) is 11.5. The highest BCUT2D eigenvalue weighted by Gasteiger charge is 2.21. The second kappa shape index (κ2) is 10.4. The zero-order valence-electron chi connectivity index (χ0n) is 10.8. The number of aliphatic hydroxyl groups excluding tert-OH is 1. The summed E-state index contributed by atoms with van der Waals surface area (Å²) in [6.45, 7) is 8.19. The van der Waals surface area contributed by atoms with Gasteiger partial charge in [-0.15, -0.1) is 0 Å². The number of hydrogen-bond acceptors (Lipinski definition) is 2. The topological polar surface area (TPSA) is 32.3 Å². The Morgan fingerprint density at radius 1 is 1.20 bits per heavy atom. The van der Waals surface area contributed by atoms with Crippen molar-refractivity contribution in [2.24, 2.45) is 5.92 Å². The number of aliphatic hydroxyl groups is 1. The molecular formula is C13H29NO. The molecule has 2 nitrogen and oxygen atoms in total. The van der Waals surface area contributed by atoms with E-state index in [0.29, 0.717) is 6.61 Å². The van der Waals surface area contributed by atoms with Crippen LogP contribution in [0.25, 0.3) is 0 Å². The molecule has 15 heavy (non-hydrogen) atoms. The molecule has 1 rings (SSSR count).